The molecule has 0 aliphatic heterocycles. The molecule has 0 saturated carbocycles. The van der Waals surface area contributed by atoms with Gasteiger partial charge in [-0.3, -0.25) is 14.9 Å². The number of ether oxygens (including phenoxy) is 1. The van der Waals surface area contributed by atoms with Crippen LogP contribution in [0.25, 0.3) is 0 Å². The number of rotatable bonds is 7. The molecular formula is C20H15F4N3O3S. The van der Waals surface area contributed by atoms with Gasteiger partial charge in [0.2, 0.25) is 5.91 Å². The summed E-state index contributed by atoms with van der Waals surface area (Å²) in [6, 6.07) is 10.2. The van der Waals surface area contributed by atoms with Crippen LogP contribution in [0, 0.1) is 5.82 Å². The van der Waals surface area contributed by atoms with Crippen LogP contribution in [0.1, 0.15) is 21.6 Å². The van der Waals surface area contributed by atoms with E-state index in [0.717, 1.165) is 23.5 Å². The Morgan fingerprint density at radius 3 is 2.35 bits per heavy atom. The lowest BCUT2D eigenvalue weighted by molar-refractivity contribution is -0.274. The first kappa shape index (κ1) is 22.2. The number of alkyl halides is 3. The Kier molecular flexibility index (Phi) is 6.85. The van der Waals surface area contributed by atoms with Crippen LogP contribution in [0.15, 0.2) is 53.9 Å². The number of benzene rings is 2. The van der Waals surface area contributed by atoms with E-state index in [1.54, 1.807) is 5.38 Å². The van der Waals surface area contributed by atoms with E-state index in [4.69, 9.17) is 0 Å². The summed E-state index contributed by atoms with van der Waals surface area (Å²) < 4.78 is 53.2. The molecular weight excluding hydrogens is 438 g/mol. The molecule has 162 valence electrons. The molecule has 0 atom stereocenters. The zero-order chi connectivity index (χ0) is 22.4. The maximum absolute atomic E-state index is 12.9. The number of carbonyl (C=O) groups excluding carboxylic acids is 2. The minimum absolute atomic E-state index is 0.0435. The highest BCUT2D eigenvalue weighted by Gasteiger charge is 2.30. The number of nitrogens with zero attached hydrogens (tertiary/aromatic N) is 1. The van der Waals surface area contributed by atoms with E-state index in [0.29, 0.717) is 11.3 Å². The Hall–Kier alpha value is -3.47. The number of carbonyl (C=O) groups is 2. The lowest BCUT2D eigenvalue weighted by Crippen LogP contribution is -2.24. The highest BCUT2D eigenvalue weighted by molar-refractivity contribution is 7.14. The fourth-order valence-corrected chi connectivity index (χ4v) is 3.16. The van der Waals surface area contributed by atoms with Gasteiger partial charge in [-0.25, -0.2) is 9.37 Å². The summed E-state index contributed by atoms with van der Waals surface area (Å²) in [5.74, 6) is -1.61. The minimum Gasteiger partial charge on any atom is -0.406 e. The zero-order valence-electron chi connectivity index (χ0n) is 15.7. The van der Waals surface area contributed by atoms with Gasteiger partial charge in [0.15, 0.2) is 5.13 Å². The monoisotopic (exact) mass is 453 g/mol. The molecule has 6 nitrogen and oxygen atoms in total. The van der Waals surface area contributed by atoms with E-state index in [1.807, 2.05) is 0 Å². The van der Waals surface area contributed by atoms with Gasteiger partial charge in [0.05, 0.1) is 12.1 Å². The number of thiazole rings is 1. The normalized spacial score (nSPS) is 11.1. The van der Waals surface area contributed by atoms with Crippen LogP contribution in [0.2, 0.25) is 0 Å². The molecule has 3 aromatic rings. The van der Waals surface area contributed by atoms with Crippen molar-refractivity contribution in [3.8, 4) is 5.75 Å². The van der Waals surface area contributed by atoms with Crippen molar-refractivity contribution in [2.24, 2.45) is 0 Å². The molecule has 0 aliphatic carbocycles. The van der Waals surface area contributed by atoms with E-state index >= 15 is 0 Å². The van der Waals surface area contributed by atoms with Crippen LogP contribution >= 0.6 is 11.3 Å². The van der Waals surface area contributed by atoms with Crippen molar-refractivity contribution in [1.82, 2.24) is 10.3 Å². The molecule has 2 aromatic carbocycles. The Labute approximate surface area is 177 Å². The Morgan fingerprint density at radius 1 is 1.03 bits per heavy atom. The summed E-state index contributed by atoms with van der Waals surface area (Å²) >= 11 is 1.14. The van der Waals surface area contributed by atoms with E-state index in [2.05, 4.69) is 20.4 Å². The number of nitrogens with one attached hydrogen (secondary N) is 2. The third kappa shape index (κ3) is 7.07. The smallest absolute Gasteiger partial charge is 0.406 e. The average Bonchev–Trinajstić information content (AvgIpc) is 3.13. The van der Waals surface area contributed by atoms with Gasteiger partial charge in [0.25, 0.3) is 5.91 Å². The van der Waals surface area contributed by atoms with Crippen molar-refractivity contribution < 1.29 is 31.9 Å². The zero-order valence-corrected chi connectivity index (χ0v) is 16.5. The number of halogens is 4. The maximum Gasteiger partial charge on any atom is 0.573 e. The van der Waals surface area contributed by atoms with Crippen LogP contribution in [0.4, 0.5) is 22.7 Å². The Bertz CT molecular complexity index is 1050. The van der Waals surface area contributed by atoms with Crippen LogP contribution < -0.4 is 15.4 Å². The lowest BCUT2D eigenvalue weighted by atomic mass is 10.2. The highest BCUT2D eigenvalue weighted by Crippen LogP contribution is 2.22. The van der Waals surface area contributed by atoms with Crippen molar-refractivity contribution >= 4 is 28.3 Å². The molecule has 0 unspecified atom stereocenters. The highest BCUT2D eigenvalue weighted by atomic mass is 32.1. The molecule has 0 spiro atoms. The molecule has 1 heterocycles. The molecule has 0 saturated heterocycles. The standard InChI is InChI=1S/C20H15F4N3O3S/c21-14-5-3-13(4-6-14)18(29)27-19-26-15(11-31-19)9-17(28)25-10-12-1-7-16(8-2-12)30-20(22,23)24/h1-8,11H,9-10H2,(H,25,28)(H,26,27,29). The molecule has 0 bridgehead atoms. The van der Waals surface area contributed by atoms with Gasteiger partial charge >= 0.3 is 6.36 Å². The molecule has 1 aromatic heterocycles. The van der Waals surface area contributed by atoms with Crippen LogP contribution in [0.3, 0.4) is 0 Å². The molecule has 2 amide bonds. The van der Waals surface area contributed by atoms with Crippen LogP contribution in [-0.4, -0.2) is 23.2 Å². The van der Waals surface area contributed by atoms with E-state index in [1.165, 1.54) is 36.4 Å². The van der Waals surface area contributed by atoms with Gasteiger partial charge in [-0.2, -0.15) is 0 Å². The fraction of sp³-hybridized carbons (Fsp3) is 0.150. The van der Waals surface area contributed by atoms with Crippen molar-refractivity contribution in [1.29, 1.82) is 0 Å². The lowest BCUT2D eigenvalue weighted by Gasteiger charge is -2.09. The van der Waals surface area contributed by atoms with Crippen molar-refractivity contribution in [3.05, 3.63) is 76.5 Å². The summed E-state index contributed by atoms with van der Waals surface area (Å²) in [4.78, 5) is 28.3. The SMILES string of the molecule is O=C(Cc1csc(NC(=O)c2ccc(F)cc2)n1)NCc1ccc(OC(F)(F)F)cc1. The van der Waals surface area contributed by atoms with Gasteiger partial charge in [0, 0.05) is 17.5 Å². The topological polar surface area (TPSA) is 80.3 Å². The van der Waals surface area contributed by atoms with E-state index in [9.17, 15) is 27.2 Å². The molecule has 0 radical (unpaired) electrons. The van der Waals surface area contributed by atoms with Gasteiger partial charge in [-0.05, 0) is 42.0 Å². The quantitative estimate of drug-likeness (QED) is 0.523. The Morgan fingerprint density at radius 2 is 1.71 bits per heavy atom. The second-order valence-electron chi connectivity index (χ2n) is 6.25. The predicted octanol–water partition coefficient (Wildman–Crippen LogP) is 4.29. The summed E-state index contributed by atoms with van der Waals surface area (Å²) in [5, 5.41) is 7.11. The van der Waals surface area contributed by atoms with E-state index in [-0.39, 0.29) is 35.3 Å². The Balaban J connectivity index is 1.47. The predicted molar refractivity (Wildman–Crippen MR) is 105 cm³/mol. The fourth-order valence-electron chi connectivity index (χ4n) is 2.45. The molecule has 0 fully saturated rings. The number of aromatic nitrogens is 1. The van der Waals surface area contributed by atoms with E-state index < -0.39 is 18.1 Å². The van der Waals surface area contributed by atoms with Crippen molar-refractivity contribution in [2.75, 3.05) is 5.32 Å². The van der Waals surface area contributed by atoms with Gasteiger partial charge < -0.3 is 10.1 Å². The van der Waals surface area contributed by atoms with Crippen molar-refractivity contribution in [2.45, 2.75) is 19.3 Å². The molecule has 31 heavy (non-hydrogen) atoms. The first-order chi connectivity index (χ1) is 14.7. The number of amides is 2. The summed E-state index contributed by atoms with van der Waals surface area (Å²) in [7, 11) is 0. The second kappa shape index (κ2) is 9.56. The number of hydrogen-bond acceptors (Lipinski definition) is 5. The average molecular weight is 453 g/mol. The third-order valence-corrected chi connectivity index (χ3v) is 4.67. The number of anilines is 1. The molecule has 2 N–H and O–H groups in total. The van der Waals surface area contributed by atoms with Crippen LogP contribution in [-0.2, 0) is 17.8 Å². The maximum atomic E-state index is 12.9. The van der Waals surface area contributed by atoms with Crippen molar-refractivity contribution in [3.63, 3.8) is 0 Å². The van der Waals surface area contributed by atoms with Crippen LogP contribution in [0.5, 0.6) is 5.75 Å². The first-order valence-electron chi connectivity index (χ1n) is 8.81. The second-order valence-corrected chi connectivity index (χ2v) is 7.11. The van der Waals surface area contributed by atoms with Gasteiger partial charge in [-0.15, -0.1) is 24.5 Å². The first-order valence-corrected chi connectivity index (χ1v) is 9.68. The van der Waals surface area contributed by atoms with Gasteiger partial charge in [-0.1, -0.05) is 12.1 Å². The third-order valence-electron chi connectivity index (χ3n) is 3.87. The number of hydrogen-bond donors (Lipinski definition) is 2. The van der Waals surface area contributed by atoms with Gasteiger partial charge in [0.1, 0.15) is 11.6 Å². The largest absolute Gasteiger partial charge is 0.573 e. The summed E-state index contributed by atoms with van der Waals surface area (Å²) in [6.07, 6.45) is -4.81. The molecule has 3 rings (SSSR count). The molecule has 0 aliphatic rings. The summed E-state index contributed by atoms with van der Waals surface area (Å²) in [5.41, 5.74) is 1.29. The summed E-state index contributed by atoms with van der Waals surface area (Å²) in [6.45, 7) is 0.115. The molecule has 11 heteroatoms. The minimum atomic E-state index is -4.76.